The third-order valence-electron chi connectivity index (χ3n) is 3.63. The highest BCUT2D eigenvalue weighted by atomic mass is 35.5. The van der Waals surface area contributed by atoms with E-state index in [-0.39, 0.29) is 23.8 Å². The molecule has 1 atom stereocenters. The summed E-state index contributed by atoms with van der Waals surface area (Å²) in [7, 11) is 0. The lowest BCUT2D eigenvalue weighted by Crippen LogP contribution is -2.44. The number of carbonyl (C=O) groups is 1. The van der Waals surface area contributed by atoms with Gasteiger partial charge in [-0.2, -0.15) is 0 Å². The van der Waals surface area contributed by atoms with Crippen molar-refractivity contribution < 1.29 is 13.9 Å². The number of hydrogen-bond acceptors (Lipinski definition) is 4. The molecular weight excluding hydrogens is 321 g/mol. The standard InChI is InChI=1S/C16H15ClFN3O2/c17-12-8-19-16(20-9-12)23-14-2-1-7-21(10-14)15(22)11-3-5-13(18)6-4-11/h3-6,8-9,14H,1-2,7,10H2. The SMILES string of the molecule is O=C(c1ccc(F)cc1)N1CCCC(Oc2ncc(Cl)cn2)C1. The monoisotopic (exact) mass is 335 g/mol. The number of amides is 1. The molecule has 0 N–H and O–H groups in total. The third-order valence-corrected chi connectivity index (χ3v) is 3.82. The Labute approximate surface area is 138 Å². The van der Waals surface area contributed by atoms with Crippen molar-refractivity contribution >= 4 is 17.5 Å². The van der Waals surface area contributed by atoms with Gasteiger partial charge in [0.05, 0.1) is 24.0 Å². The van der Waals surface area contributed by atoms with Crippen LogP contribution in [0.5, 0.6) is 6.01 Å². The van der Waals surface area contributed by atoms with Crippen LogP contribution in [0.2, 0.25) is 5.02 Å². The van der Waals surface area contributed by atoms with Crippen LogP contribution < -0.4 is 4.74 Å². The Morgan fingerprint density at radius 2 is 1.96 bits per heavy atom. The fraction of sp³-hybridized carbons (Fsp3) is 0.312. The molecule has 1 aromatic carbocycles. The van der Waals surface area contributed by atoms with Crippen LogP contribution in [0.1, 0.15) is 23.2 Å². The lowest BCUT2D eigenvalue weighted by molar-refractivity contribution is 0.0516. The Hall–Kier alpha value is -2.21. The van der Waals surface area contributed by atoms with Gasteiger partial charge >= 0.3 is 6.01 Å². The minimum atomic E-state index is -0.360. The molecule has 2 heterocycles. The maximum atomic E-state index is 13.0. The van der Waals surface area contributed by atoms with Crippen molar-refractivity contribution in [3.8, 4) is 6.01 Å². The van der Waals surface area contributed by atoms with Crippen LogP contribution in [0.3, 0.4) is 0 Å². The zero-order valence-corrected chi connectivity index (χ0v) is 13.0. The van der Waals surface area contributed by atoms with Gasteiger partial charge in [0.1, 0.15) is 11.9 Å². The molecule has 0 bridgehead atoms. The molecular formula is C16H15ClFN3O2. The summed E-state index contributed by atoms with van der Waals surface area (Å²) in [6, 6.07) is 5.80. The average Bonchev–Trinajstić information content (AvgIpc) is 2.57. The number of ether oxygens (including phenoxy) is 1. The smallest absolute Gasteiger partial charge is 0.316 e. The van der Waals surface area contributed by atoms with Gasteiger partial charge in [0.15, 0.2) is 0 Å². The number of hydrogen-bond donors (Lipinski definition) is 0. The second kappa shape index (κ2) is 6.91. The molecule has 1 aliphatic rings. The van der Waals surface area contributed by atoms with Crippen molar-refractivity contribution in [2.75, 3.05) is 13.1 Å². The Balaban J connectivity index is 1.64. The highest BCUT2D eigenvalue weighted by molar-refractivity contribution is 6.30. The van der Waals surface area contributed by atoms with Gasteiger partial charge in [-0.1, -0.05) is 11.6 Å². The van der Waals surface area contributed by atoms with Crippen LogP contribution in [-0.2, 0) is 0 Å². The molecule has 1 amide bonds. The van der Waals surface area contributed by atoms with Crippen LogP contribution in [0.25, 0.3) is 0 Å². The number of piperidine rings is 1. The Morgan fingerprint density at radius 3 is 2.65 bits per heavy atom. The minimum Gasteiger partial charge on any atom is -0.458 e. The first-order valence-corrected chi connectivity index (χ1v) is 7.68. The predicted molar refractivity (Wildman–Crippen MR) is 83.0 cm³/mol. The van der Waals surface area contributed by atoms with Gasteiger partial charge in [0, 0.05) is 12.1 Å². The van der Waals surface area contributed by atoms with Crippen molar-refractivity contribution in [2.45, 2.75) is 18.9 Å². The van der Waals surface area contributed by atoms with Crippen LogP contribution in [0.15, 0.2) is 36.7 Å². The largest absolute Gasteiger partial charge is 0.458 e. The topological polar surface area (TPSA) is 55.3 Å². The van der Waals surface area contributed by atoms with E-state index in [4.69, 9.17) is 16.3 Å². The van der Waals surface area contributed by atoms with Crippen LogP contribution in [-0.4, -0.2) is 40.0 Å². The molecule has 0 radical (unpaired) electrons. The summed E-state index contributed by atoms with van der Waals surface area (Å²) in [5, 5.41) is 0.439. The number of benzene rings is 1. The van der Waals surface area contributed by atoms with Crippen molar-refractivity contribution in [1.29, 1.82) is 0 Å². The maximum Gasteiger partial charge on any atom is 0.316 e. The van der Waals surface area contributed by atoms with E-state index in [2.05, 4.69) is 9.97 Å². The molecule has 1 fully saturated rings. The van der Waals surface area contributed by atoms with Crippen molar-refractivity contribution in [2.24, 2.45) is 0 Å². The summed E-state index contributed by atoms with van der Waals surface area (Å²) >= 11 is 5.74. The van der Waals surface area contributed by atoms with E-state index in [1.807, 2.05) is 0 Å². The number of nitrogens with zero attached hydrogens (tertiary/aromatic N) is 3. The van der Waals surface area contributed by atoms with E-state index in [1.165, 1.54) is 36.7 Å². The van der Waals surface area contributed by atoms with Crippen molar-refractivity contribution in [3.63, 3.8) is 0 Å². The highest BCUT2D eigenvalue weighted by Gasteiger charge is 2.26. The molecule has 3 rings (SSSR count). The Morgan fingerprint density at radius 1 is 1.26 bits per heavy atom. The number of rotatable bonds is 3. The summed E-state index contributed by atoms with van der Waals surface area (Å²) in [6.07, 6.45) is 4.40. The summed E-state index contributed by atoms with van der Waals surface area (Å²) < 4.78 is 18.7. The van der Waals surface area contributed by atoms with Crippen LogP contribution in [0.4, 0.5) is 4.39 Å². The fourth-order valence-electron chi connectivity index (χ4n) is 2.50. The highest BCUT2D eigenvalue weighted by Crippen LogP contribution is 2.18. The van der Waals surface area contributed by atoms with Gasteiger partial charge in [-0.15, -0.1) is 0 Å². The minimum absolute atomic E-state index is 0.129. The van der Waals surface area contributed by atoms with Gasteiger partial charge < -0.3 is 9.64 Å². The number of likely N-dealkylation sites (tertiary alicyclic amines) is 1. The van der Waals surface area contributed by atoms with Crippen LogP contribution >= 0.6 is 11.6 Å². The zero-order chi connectivity index (χ0) is 16.2. The molecule has 0 spiro atoms. The summed E-state index contributed by atoms with van der Waals surface area (Å²) in [4.78, 5) is 22.2. The van der Waals surface area contributed by atoms with Gasteiger partial charge in [-0.3, -0.25) is 4.79 Å². The second-order valence-electron chi connectivity index (χ2n) is 5.32. The summed E-state index contributed by atoms with van der Waals surface area (Å²) in [6.45, 7) is 1.10. The van der Waals surface area contributed by atoms with E-state index in [0.29, 0.717) is 23.7 Å². The molecule has 0 aliphatic carbocycles. The second-order valence-corrected chi connectivity index (χ2v) is 5.76. The molecule has 1 saturated heterocycles. The molecule has 120 valence electrons. The fourth-order valence-corrected chi connectivity index (χ4v) is 2.60. The first-order chi connectivity index (χ1) is 11.1. The molecule has 0 saturated carbocycles. The Bertz CT molecular complexity index is 679. The number of aromatic nitrogens is 2. The molecule has 2 aromatic rings. The van der Waals surface area contributed by atoms with E-state index in [9.17, 15) is 9.18 Å². The molecule has 7 heteroatoms. The number of halogens is 2. The number of carbonyl (C=O) groups excluding carboxylic acids is 1. The van der Waals surface area contributed by atoms with Gasteiger partial charge in [-0.25, -0.2) is 14.4 Å². The first-order valence-electron chi connectivity index (χ1n) is 7.31. The molecule has 1 aromatic heterocycles. The van der Waals surface area contributed by atoms with Crippen LogP contribution in [0, 0.1) is 5.82 Å². The third kappa shape index (κ3) is 3.96. The molecule has 1 unspecified atom stereocenters. The van der Waals surface area contributed by atoms with Crippen molar-refractivity contribution in [1.82, 2.24) is 14.9 Å². The predicted octanol–water partition coefficient (Wildman–Crippen LogP) is 2.95. The molecule has 23 heavy (non-hydrogen) atoms. The maximum absolute atomic E-state index is 13.0. The quantitative estimate of drug-likeness (QED) is 0.865. The van der Waals surface area contributed by atoms with Gasteiger partial charge in [-0.05, 0) is 37.1 Å². The van der Waals surface area contributed by atoms with E-state index in [0.717, 1.165) is 12.8 Å². The van der Waals surface area contributed by atoms with E-state index >= 15 is 0 Å². The average molecular weight is 336 g/mol. The Kier molecular flexibility index (Phi) is 4.71. The zero-order valence-electron chi connectivity index (χ0n) is 12.3. The van der Waals surface area contributed by atoms with Crippen molar-refractivity contribution in [3.05, 3.63) is 53.1 Å². The first kappa shape index (κ1) is 15.7. The summed E-state index contributed by atoms with van der Waals surface area (Å²) in [5.74, 6) is -0.489. The molecule has 5 nitrogen and oxygen atoms in total. The molecule has 1 aliphatic heterocycles. The van der Waals surface area contributed by atoms with Gasteiger partial charge in [0.25, 0.3) is 5.91 Å². The lowest BCUT2D eigenvalue weighted by atomic mass is 10.1. The van der Waals surface area contributed by atoms with E-state index in [1.54, 1.807) is 4.90 Å². The lowest BCUT2D eigenvalue weighted by Gasteiger charge is -2.32. The van der Waals surface area contributed by atoms with E-state index < -0.39 is 0 Å². The van der Waals surface area contributed by atoms with Gasteiger partial charge in [0.2, 0.25) is 0 Å². The normalized spacial score (nSPS) is 17.8. The summed E-state index contributed by atoms with van der Waals surface area (Å²) in [5.41, 5.74) is 0.467.